The fourth-order valence-electron chi connectivity index (χ4n) is 4.19. The largest absolute Gasteiger partial charge is 0.497 e. The Morgan fingerprint density at radius 2 is 1.73 bits per heavy atom. The predicted molar refractivity (Wildman–Crippen MR) is 112 cm³/mol. The third-order valence-electron chi connectivity index (χ3n) is 5.73. The number of nitrogens with zero attached hydrogens (tertiary/aromatic N) is 1. The molecule has 2 aliphatic rings. The first-order valence-corrected chi connectivity index (χ1v) is 10.6. The smallest absolute Gasteiger partial charge is 0.166 e. The SMILES string of the molecule is COc1ccc([C@H](CNC(=S)NC2CCCCC2)N2CCCCC2)cc1. The van der Waals surface area contributed by atoms with Gasteiger partial charge < -0.3 is 15.4 Å². The summed E-state index contributed by atoms with van der Waals surface area (Å²) in [5, 5.41) is 7.84. The Hall–Kier alpha value is -1.33. The highest BCUT2D eigenvalue weighted by Gasteiger charge is 2.23. The topological polar surface area (TPSA) is 36.5 Å². The summed E-state index contributed by atoms with van der Waals surface area (Å²) in [6, 6.07) is 9.41. The van der Waals surface area contributed by atoms with E-state index in [0.717, 1.165) is 17.4 Å². The molecular formula is C21H33N3OS. The lowest BCUT2D eigenvalue weighted by Gasteiger charge is -2.35. The van der Waals surface area contributed by atoms with Gasteiger partial charge in [-0.1, -0.05) is 37.8 Å². The van der Waals surface area contributed by atoms with Crippen LogP contribution in [-0.4, -0.2) is 42.8 Å². The fourth-order valence-corrected chi connectivity index (χ4v) is 4.44. The molecule has 1 atom stereocenters. The third-order valence-corrected chi connectivity index (χ3v) is 5.99. The summed E-state index contributed by atoms with van der Waals surface area (Å²) in [5.41, 5.74) is 1.33. The second-order valence-corrected chi connectivity index (χ2v) is 7.98. The second-order valence-electron chi connectivity index (χ2n) is 7.57. The van der Waals surface area contributed by atoms with Gasteiger partial charge in [0.05, 0.1) is 13.2 Å². The Labute approximate surface area is 163 Å². The van der Waals surface area contributed by atoms with Crippen molar-refractivity contribution in [3.05, 3.63) is 29.8 Å². The van der Waals surface area contributed by atoms with Crippen molar-refractivity contribution in [1.82, 2.24) is 15.5 Å². The van der Waals surface area contributed by atoms with Gasteiger partial charge in [-0.05, 0) is 68.7 Å². The molecule has 2 N–H and O–H groups in total. The van der Waals surface area contributed by atoms with Crippen LogP contribution in [0.4, 0.5) is 0 Å². The van der Waals surface area contributed by atoms with Crippen molar-refractivity contribution in [2.45, 2.75) is 63.5 Å². The quantitative estimate of drug-likeness (QED) is 0.735. The molecule has 0 bridgehead atoms. The maximum absolute atomic E-state index is 5.58. The van der Waals surface area contributed by atoms with Gasteiger partial charge in [0.2, 0.25) is 0 Å². The number of piperidine rings is 1. The van der Waals surface area contributed by atoms with Gasteiger partial charge >= 0.3 is 0 Å². The van der Waals surface area contributed by atoms with Crippen molar-refractivity contribution >= 4 is 17.3 Å². The Morgan fingerprint density at radius 3 is 2.38 bits per heavy atom. The summed E-state index contributed by atoms with van der Waals surface area (Å²) in [4.78, 5) is 2.60. The van der Waals surface area contributed by atoms with E-state index in [1.165, 1.54) is 70.0 Å². The molecule has 2 fully saturated rings. The van der Waals surface area contributed by atoms with Crippen LogP contribution in [0, 0.1) is 0 Å². The van der Waals surface area contributed by atoms with E-state index in [-0.39, 0.29) is 0 Å². The van der Waals surface area contributed by atoms with E-state index < -0.39 is 0 Å². The second kappa shape index (κ2) is 10.1. The van der Waals surface area contributed by atoms with Gasteiger partial charge in [-0.2, -0.15) is 0 Å². The fraction of sp³-hybridized carbons (Fsp3) is 0.667. The van der Waals surface area contributed by atoms with Crippen molar-refractivity contribution in [3.63, 3.8) is 0 Å². The van der Waals surface area contributed by atoms with Gasteiger partial charge in [0.25, 0.3) is 0 Å². The monoisotopic (exact) mass is 375 g/mol. The molecule has 0 unspecified atom stereocenters. The number of benzene rings is 1. The van der Waals surface area contributed by atoms with Crippen molar-refractivity contribution in [1.29, 1.82) is 0 Å². The molecule has 0 spiro atoms. The molecule has 1 aromatic rings. The first-order valence-electron chi connectivity index (χ1n) is 10.2. The number of methoxy groups -OCH3 is 1. The molecule has 1 saturated carbocycles. The standard InChI is InChI=1S/C21H33N3OS/c1-25-19-12-10-17(11-13-19)20(24-14-6-3-7-15-24)16-22-21(26)23-18-8-4-2-5-9-18/h10-13,18,20H,2-9,14-16H2,1H3,(H2,22,23,26)/t20-/m0/s1. The van der Waals surface area contributed by atoms with Gasteiger partial charge in [0.1, 0.15) is 5.75 Å². The van der Waals surface area contributed by atoms with E-state index in [2.05, 4.69) is 39.8 Å². The average Bonchev–Trinajstić information content (AvgIpc) is 2.70. The molecule has 26 heavy (non-hydrogen) atoms. The Morgan fingerprint density at radius 1 is 1.08 bits per heavy atom. The van der Waals surface area contributed by atoms with Crippen molar-refractivity contribution in [2.75, 3.05) is 26.7 Å². The lowest BCUT2D eigenvalue weighted by Crippen LogP contribution is -2.46. The van der Waals surface area contributed by atoms with E-state index in [4.69, 9.17) is 17.0 Å². The van der Waals surface area contributed by atoms with Gasteiger partial charge in [-0.15, -0.1) is 0 Å². The minimum absolute atomic E-state index is 0.354. The lowest BCUT2D eigenvalue weighted by molar-refractivity contribution is 0.164. The molecule has 1 saturated heterocycles. The predicted octanol–water partition coefficient (Wildman–Crippen LogP) is 4.02. The Balaban J connectivity index is 1.59. The summed E-state index contributed by atoms with van der Waals surface area (Å²) in [6.07, 6.45) is 10.4. The van der Waals surface area contributed by atoms with Crippen molar-refractivity contribution < 1.29 is 4.74 Å². The molecule has 0 aromatic heterocycles. The van der Waals surface area contributed by atoms with E-state index in [0.29, 0.717) is 12.1 Å². The highest BCUT2D eigenvalue weighted by Crippen LogP contribution is 2.26. The molecule has 1 heterocycles. The number of thiocarbonyl (C=S) groups is 1. The highest BCUT2D eigenvalue weighted by molar-refractivity contribution is 7.80. The van der Waals surface area contributed by atoms with Crippen LogP contribution in [0.3, 0.4) is 0 Å². The first kappa shape index (κ1) is 19.4. The van der Waals surface area contributed by atoms with Crippen molar-refractivity contribution in [2.24, 2.45) is 0 Å². The van der Waals surface area contributed by atoms with E-state index in [9.17, 15) is 0 Å². The first-order chi connectivity index (χ1) is 12.8. The van der Waals surface area contributed by atoms with Crippen LogP contribution in [0.1, 0.15) is 63.0 Å². The zero-order valence-corrected chi connectivity index (χ0v) is 16.8. The van der Waals surface area contributed by atoms with Gasteiger partial charge in [-0.25, -0.2) is 0 Å². The number of hydrogen-bond donors (Lipinski definition) is 2. The molecule has 1 aromatic carbocycles. The van der Waals surface area contributed by atoms with Gasteiger partial charge in [-0.3, -0.25) is 4.90 Å². The summed E-state index contributed by atoms with van der Waals surface area (Å²) >= 11 is 5.58. The Bertz CT molecular complexity index is 551. The summed E-state index contributed by atoms with van der Waals surface area (Å²) in [7, 11) is 1.72. The van der Waals surface area contributed by atoms with E-state index in [1.54, 1.807) is 7.11 Å². The van der Waals surface area contributed by atoms with E-state index >= 15 is 0 Å². The van der Waals surface area contributed by atoms with Crippen LogP contribution in [0.5, 0.6) is 5.75 Å². The highest BCUT2D eigenvalue weighted by atomic mass is 32.1. The van der Waals surface area contributed by atoms with Crippen LogP contribution in [0.2, 0.25) is 0 Å². The van der Waals surface area contributed by atoms with Crippen LogP contribution < -0.4 is 15.4 Å². The molecule has 1 aliphatic carbocycles. The van der Waals surface area contributed by atoms with E-state index in [1.807, 2.05) is 0 Å². The minimum Gasteiger partial charge on any atom is -0.497 e. The molecule has 5 heteroatoms. The maximum Gasteiger partial charge on any atom is 0.166 e. The summed E-state index contributed by atoms with van der Waals surface area (Å²) in [5.74, 6) is 0.911. The van der Waals surface area contributed by atoms with Gasteiger partial charge in [0.15, 0.2) is 5.11 Å². The van der Waals surface area contributed by atoms with Crippen LogP contribution in [-0.2, 0) is 0 Å². The van der Waals surface area contributed by atoms with Crippen LogP contribution in [0.25, 0.3) is 0 Å². The molecular weight excluding hydrogens is 342 g/mol. The molecule has 1 aliphatic heterocycles. The van der Waals surface area contributed by atoms with Crippen LogP contribution >= 0.6 is 12.2 Å². The lowest BCUT2D eigenvalue weighted by atomic mass is 9.96. The summed E-state index contributed by atoms with van der Waals surface area (Å²) < 4.78 is 5.32. The normalized spacial score (nSPS) is 20.3. The molecule has 0 amide bonds. The number of likely N-dealkylation sites (tertiary alicyclic amines) is 1. The average molecular weight is 376 g/mol. The Kier molecular flexibility index (Phi) is 7.56. The zero-order chi connectivity index (χ0) is 18.2. The molecule has 4 nitrogen and oxygen atoms in total. The molecule has 0 radical (unpaired) electrons. The number of rotatable bonds is 6. The number of hydrogen-bond acceptors (Lipinski definition) is 3. The molecule has 144 valence electrons. The summed E-state index contributed by atoms with van der Waals surface area (Å²) in [6.45, 7) is 3.19. The number of ether oxygens (including phenoxy) is 1. The minimum atomic E-state index is 0.354. The zero-order valence-electron chi connectivity index (χ0n) is 16.0. The molecule has 3 rings (SSSR count). The van der Waals surface area contributed by atoms with Crippen LogP contribution in [0.15, 0.2) is 24.3 Å². The number of nitrogens with one attached hydrogen (secondary N) is 2. The third kappa shape index (κ3) is 5.58. The maximum atomic E-state index is 5.58. The van der Waals surface area contributed by atoms with Crippen molar-refractivity contribution in [3.8, 4) is 5.75 Å². The van der Waals surface area contributed by atoms with Gasteiger partial charge in [0, 0.05) is 12.6 Å².